The van der Waals surface area contributed by atoms with Gasteiger partial charge in [-0.25, -0.2) is 0 Å². The summed E-state index contributed by atoms with van der Waals surface area (Å²) in [6.45, 7) is 0.241. The van der Waals surface area contributed by atoms with Crippen LogP contribution in [-0.4, -0.2) is 12.3 Å². The lowest BCUT2D eigenvalue weighted by molar-refractivity contribution is -0.121. The summed E-state index contributed by atoms with van der Waals surface area (Å²) in [6.07, 6.45) is 4.60. The van der Waals surface area contributed by atoms with Crippen molar-refractivity contribution < 1.29 is 4.79 Å². The summed E-state index contributed by atoms with van der Waals surface area (Å²) in [6, 6.07) is 0. The number of Topliss-reactive ketones (excluding diaryl/α,β-unsaturated/α-hetero) is 1. The molecule has 0 aromatic rings. The van der Waals surface area contributed by atoms with Gasteiger partial charge in [-0.1, -0.05) is 12.8 Å². The second kappa shape index (κ2) is 4.69. The molecule has 60 valence electrons. The van der Waals surface area contributed by atoms with Gasteiger partial charge in [0, 0.05) is 5.92 Å². The van der Waals surface area contributed by atoms with Gasteiger partial charge in [-0.05, 0) is 12.8 Å². The lowest BCUT2D eigenvalue weighted by Gasteiger charge is -2.02. The molecule has 1 saturated carbocycles. The van der Waals surface area contributed by atoms with Crippen LogP contribution < -0.4 is 5.73 Å². The monoisotopic (exact) mass is 163 g/mol. The quantitative estimate of drug-likeness (QED) is 0.663. The Kier molecular flexibility index (Phi) is 4.65. The van der Waals surface area contributed by atoms with Gasteiger partial charge >= 0.3 is 0 Å². The fourth-order valence-corrected chi connectivity index (χ4v) is 1.41. The molecule has 3 heteroatoms. The van der Waals surface area contributed by atoms with Crippen molar-refractivity contribution in [2.45, 2.75) is 25.7 Å². The number of rotatable bonds is 2. The number of halogens is 1. The van der Waals surface area contributed by atoms with Crippen molar-refractivity contribution in [1.29, 1.82) is 0 Å². The fraction of sp³-hybridized carbons (Fsp3) is 0.857. The van der Waals surface area contributed by atoms with E-state index in [9.17, 15) is 4.79 Å². The van der Waals surface area contributed by atoms with Crippen LogP contribution in [0.25, 0.3) is 0 Å². The predicted octanol–water partition coefficient (Wildman–Crippen LogP) is 1.13. The standard InChI is InChI=1S/C7H13NO.ClH/c8-5-7(9)6-3-1-2-4-6;/h6H,1-5,8H2;1H. The number of hydrogen-bond acceptors (Lipinski definition) is 2. The zero-order valence-electron chi connectivity index (χ0n) is 6.01. The molecule has 0 atom stereocenters. The SMILES string of the molecule is Cl.NCC(=O)C1CCCC1. The lowest BCUT2D eigenvalue weighted by atomic mass is 10.0. The van der Waals surface area contributed by atoms with E-state index in [1.165, 1.54) is 12.8 Å². The first-order valence-electron chi connectivity index (χ1n) is 3.57. The Morgan fingerprint density at radius 1 is 1.40 bits per heavy atom. The van der Waals surface area contributed by atoms with Crippen molar-refractivity contribution >= 4 is 18.2 Å². The number of carbonyl (C=O) groups excluding carboxylic acids is 1. The zero-order chi connectivity index (χ0) is 6.69. The second-order valence-electron chi connectivity index (χ2n) is 2.65. The van der Waals surface area contributed by atoms with Crippen LogP contribution in [0.2, 0.25) is 0 Å². The Balaban J connectivity index is 0.000000810. The van der Waals surface area contributed by atoms with E-state index in [0.29, 0.717) is 5.92 Å². The van der Waals surface area contributed by atoms with E-state index in [2.05, 4.69) is 0 Å². The van der Waals surface area contributed by atoms with Crippen LogP contribution >= 0.6 is 12.4 Å². The maximum atomic E-state index is 10.9. The molecular formula is C7H14ClNO. The molecule has 1 aliphatic carbocycles. The van der Waals surface area contributed by atoms with Crippen LogP contribution in [0, 0.1) is 5.92 Å². The highest BCUT2D eigenvalue weighted by molar-refractivity contribution is 5.85. The van der Waals surface area contributed by atoms with Crippen molar-refractivity contribution in [3.8, 4) is 0 Å². The summed E-state index contributed by atoms with van der Waals surface area (Å²) < 4.78 is 0. The fourth-order valence-electron chi connectivity index (χ4n) is 1.41. The van der Waals surface area contributed by atoms with Crippen LogP contribution in [0.4, 0.5) is 0 Å². The Bertz CT molecular complexity index is 110. The van der Waals surface area contributed by atoms with Crippen molar-refractivity contribution in [3.05, 3.63) is 0 Å². The topological polar surface area (TPSA) is 43.1 Å². The molecule has 0 bridgehead atoms. The summed E-state index contributed by atoms with van der Waals surface area (Å²) >= 11 is 0. The Morgan fingerprint density at radius 3 is 2.30 bits per heavy atom. The number of nitrogens with two attached hydrogens (primary N) is 1. The largest absolute Gasteiger partial charge is 0.324 e. The number of hydrogen-bond donors (Lipinski definition) is 1. The molecule has 0 aliphatic heterocycles. The third kappa shape index (κ3) is 2.27. The Hall–Kier alpha value is -0.0800. The summed E-state index contributed by atoms with van der Waals surface area (Å²) in [5, 5.41) is 0. The van der Waals surface area contributed by atoms with Gasteiger partial charge in [0.2, 0.25) is 0 Å². The maximum Gasteiger partial charge on any atom is 0.149 e. The van der Waals surface area contributed by atoms with E-state index in [1.54, 1.807) is 0 Å². The number of ketones is 1. The van der Waals surface area contributed by atoms with E-state index in [1.807, 2.05) is 0 Å². The number of carbonyl (C=O) groups is 1. The molecule has 0 heterocycles. The third-order valence-electron chi connectivity index (χ3n) is 2.01. The summed E-state index contributed by atoms with van der Waals surface area (Å²) in [5.74, 6) is 0.572. The maximum absolute atomic E-state index is 10.9. The van der Waals surface area contributed by atoms with Crippen LogP contribution in [0.5, 0.6) is 0 Å². The molecule has 1 rings (SSSR count). The molecule has 2 N–H and O–H groups in total. The Labute approximate surface area is 67.6 Å². The average molecular weight is 164 g/mol. The predicted molar refractivity (Wildman–Crippen MR) is 43.3 cm³/mol. The molecule has 0 unspecified atom stereocenters. The minimum atomic E-state index is 0. The smallest absolute Gasteiger partial charge is 0.149 e. The van der Waals surface area contributed by atoms with Crippen LogP contribution in [0.1, 0.15) is 25.7 Å². The molecule has 0 saturated heterocycles. The Morgan fingerprint density at radius 2 is 1.90 bits per heavy atom. The van der Waals surface area contributed by atoms with Crippen molar-refractivity contribution in [2.75, 3.05) is 6.54 Å². The summed E-state index contributed by atoms with van der Waals surface area (Å²) in [7, 11) is 0. The molecule has 0 spiro atoms. The van der Waals surface area contributed by atoms with E-state index in [0.717, 1.165) is 12.8 Å². The minimum absolute atomic E-state index is 0. The van der Waals surface area contributed by atoms with E-state index < -0.39 is 0 Å². The third-order valence-corrected chi connectivity index (χ3v) is 2.01. The first kappa shape index (κ1) is 9.92. The molecule has 0 amide bonds. The molecule has 0 aromatic carbocycles. The first-order chi connectivity index (χ1) is 4.34. The second-order valence-corrected chi connectivity index (χ2v) is 2.65. The highest BCUT2D eigenvalue weighted by atomic mass is 35.5. The summed E-state index contributed by atoms with van der Waals surface area (Å²) in [5.41, 5.74) is 5.20. The van der Waals surface area contributed by atoms with Gasteiger partial charge in [0.05, 0.1) is 6.54 Å². The van der Waals surface area contributed by atoms with Crippen molar-refractivity contribution in [1.82, 2.24) is 0 Å². The van der Waals surface area contributed by atoms with Gasteiger partial charge in [-0.3, -0.25) is 4.79 Å². The van der Waals surface area contributed by atoms with Crippen molar-refractivity contribution in [2.24, 2.45) is 11.7 Å². The zero-order valence-corrected chi connectivity index (χ0v) is 6.82. The average Bonchev–Trinajstić information content (AvgIpc) is 2.37. The van der Waals surface area contributed by atoms with Crippen molar-refractivity contribution in [3.63, 3.8) is 0 Å². The van der Waals surface area contributed by atoms with Crippen LogP contribution in [0.3, 0.4) is 0 Å². The molecule has 1 aliphatic rings. The minimum Gasteiger partial charge on any atom is -0.324 e. The molecule has 1 fully saturated rings. The normalized spacial score (nSPS) is 18.5. The van der Waals surface area contributed by atoms with Crippen LogP contribution in [0.15, 0.2) is 0 Å². The van der Waals surface area contributed by atoms with Gasteiger partial charge in [-0.15, -0.1) is 12.4 Å². The molecule has 0 radical (unpaired) electrons. The molecular weight excluding hydrogens is 150 g/mol. The summed E-state index contributed by atoms with van der Waals surface area (Å²) in [4.78, 5) is 10.9. The van der Waals surface area contributed by atoms with E-state index in [4.69, 9.17) is 5.73 Å². The molecule has 2 nitrogen and oxygen atoms in total. The van der Waals surface area contributed by atoms with Gasteiger partial charge in [0.25, 0.3) is 0 Å². The van der Waals surface area contributed by atoms with Gasteiger partial charge in [-0.2, -0.15) is 0 Å². The van der Waals surface area contributed by atoms with E-state index in [-0.39, 0.29) is 24.7 Å². The van der Waals surface area contributed by atoms with Gasteiger partial charge < -0.3 is 5.73 Å². The lowest BCUT2D eigenvalue weighted by Crippen LogP contribution is -2.20. The first-order valence-corrected chi connectivity index (χ1v) is 3.57. The van der Waals surface area contributed by atoms with Gasteiger partial charge in [0.1, 0.15) is 5.78 Å². The molecule has 0 aromatic heterocycles. The highest BCUT2D eigenvalue weighted by Crippen LogP contribution is 2.24. The molecule has 10 heavy (non-hydrogen) atoms. The van der Waals surface area contributed by atoms with Crippen LogP contribution in [-0.2, 0) is 4.79 Å². The van der Waals surface area contributed by atoms with E-state index >= 15 is 0 Å². The van der Waals surface area contributed by atoms with Gasteiger partial charge in [0.15, 0.2) is 0 Å². The highest BCUT2D eigenvalue weighted by Gasteiger charge is 2.20.